The Morgan fingerprint density at radius 1 is 1.35 bits per heavy atom. The van der Waals surface area contributed by atoms with Crippen molar-refractivity contribution in [1.82, 2.24) is 4.90 Å². The minimum absolute atomic E-state index is 0.268. The summed E-state index contributed by atoms with van der Waals surface area (Å²) < 4.78 is 23.4. The van der Waals surface area contributed by atoms with Crippen LogP contribution < -0.4 is 0 Å². The van der Waals surface area contributed by atoms with Crippen LogP contribution >= 0.6 is 15.9 Å². The second-order valence-electron chi connectivity index (χ2n) is 6.01. The van der Waals surface area contributed by atoms with Gasteiger partial charge in [-0.2, -0.15) is 0 Å². The van der Waals surface area contributed by atoms with Crippen LogP contribution in [0.15, 0.2) is 0 Å². The average Bonchev–Trinajstić information content (AvgIpc) is 2.18. The maximum atomic E-state index is 12.0. The van der Waals surface area contributed by atoms with Gasteiger partial charge < -0.3 is 4.90 Å². The molecule has 17 heavy (non-hydrogen) atoms. The molecule has 1 rings (SSSR count). The number of halogens is 1. The molecule has 0 aromatic carbocycles. The lowest BCUT2D eigenvalue weighted by Crippen LogP contribution is -2.43. The zero-order valence-electron chi connectivity index (χ0n) is 11.2. The van der Waals surface area contributed by atoms with Crippen LogP contribution in [-0.2, 0) is 9.84 Å². The molecular weight excluding hydrogens is 302 g/mol. The van der Waals surface area contributed by atoms with Crippen LogP contribution in [0.1, 0.15) is 34.1 Å². The molecule has 1 fully saturated rings. The van der Waals surface area contributed by atoms with Crippen molar-refractivity contribution in [3.63, 3.8) is 0 Å². The van der Waals surface area contributed by atoms with E-state index in [0.717, 1.165) is 19.5 Å². The van der Waals surface area contributed by atoms with Crippen molar-refractivity contribution >= 4 is 25.8 Å². The normalized spacial score (nSPS) is 28.3. The first-order valence-electron chi connectivity index (χ1n) is 6.22. The second kappa shape index (κ2) is 5.57. The molecule has 1 aliphatic rings. The molecule has 2 atom stereocenters. The van der Waals surface area contributed by atoms with Crippen LogP contribution in [0, 0.1) is 5.92 Å². The predicted octanol–water partition coefficient (Wildman–Crippen LogP) is 2.30. The molecule has 0 radical (unpaired) electrons. The van der Waals surface area contributed by atoms with E-state index in [1.807, 2.05) is 0 Å². The Morgan fingerprint density at radius 2 is 1.94 bits per heavy atom. The van der Waals surface area contributed by atoms with E-state index in [-0.39, 0.29) is 5.75 Å². The third-order valence-electron chi connectivity index (χ3n) is 3.56. The van der Waals surface area contributed by atoms with E-state index >= 15 is 0 Å². The molecule has 2 unspecified atom stereocenters. The van der Waals surface area contributed by atoms with Gasteiger partial charge in [-0.15, -0.1) is 0 Å². The molecule has 1 heterocycles. The van der Waals surface area contributed by atoms with Crippen LogP contribution in [0.4, 0.5) is 0 Å². The third-order valence-corrected chi connectivity index (χ3v) is 7.34. The van der Waals surface area contributed by atoms with Crippen molar-refractivity contribution in [3.8, 4) is 0 Å². The van der Waals surface area contributed by atoms with Gasteiger partial charge in [0.15, 0.2) is 9.84 Å². The van der Waals surface area contributed by atoms with Crippen LogP contribution in [0.2, 0.25) is 0 Å². The van der Waals surface area contributed by atoms with Gasteiger partial charge in [-0.1, -0.05) is 22.9 Å². The fraction of sp³-hybridized carbons (Fsp3) is 1.00. The average molecular weight is 326 g/mol. The maximum absolute atomic E-state index is 12.0. The summed E-state index contributed by atoms with van der Waals surface area (Å²) in [5.74, 6) is 0.954. The molecule has 0 saturated carbocycles. The third kappa shape index (κ3) is 4.21. The standard InChI is InChI=1S/C12H24BrNO2S/c1-10-5-6-14(9-11(10)13)7-8-17(15,16)12(2,3)4/h10-11H,5-9H2,1-4H3. The van der Waals surface area contributed by atoms with Gasteiger partial charge in [-0.25, -0.2) is 8.42 Å². The van der Waals surface area contributed by atoms with E-state index in [1.54, 1.807) is 20.8 Å². The lowest BCUT2D eigenvalue weighted by Gasteiger charge is -2.34. The molecule has 0 amide bonds. The monoisotopic (exact) mass is 325 g/mol. The van der Waals surface area contributed by atoms with Crippen molar-refractivity contribution in [2.75, 3.05) is 25.4 Å². The summed E-state index contributed by atoms with van der Waals surface area (Å²) in [6.07, 6.45) is 1.14. The van der Waals surface area contributed by atoms with Crippen LogP contribution in [0.3, 0.4) is 0 Å². The first kappa shape index (κ1) is 15.4. The van der Waals surface area contributed by atoms with Crippen molar-refractivity contribution in [2.24, 2.45) is 5.92 Å². The van der Waals surface area contributed by atoms with Crippen molar-refractivity contribution < 1.29 is 8.42 Å². The number of hydrogen-bond donors (Lipinski definition) is 0. The minimum atomic E-state index is -2.99. The molecule has 3 nitrogen and oxygen atoms in total. The van der Waals surface area contributed by atoms with Gasteiger partial charge in [0.2, 0.25) is 0 Å². The highest BCUT2D eigenvalue weighted by Crippen LogP contribution is 2.23. The highest BCUT2D eigenvalue weighted by atomic mass is 79.9. The van der Waals surface area contributed by atoms with Gasteiger partial charge in [0.1, 0.15) is 0 Å². The Hall–Kier alpha value is 0.390. The summed E-state index contributed by atoms with van der Waals surface area (Å²) in [5.41, 5.74) is 0. The second-order valence-corrected chi connectivity index (χ2v) is 10.1. The SMILES string of the molecule is CC1CCN(CCS(=O)(=O)C(C)(C)C)CC1Br. The number of sulfone groups is 1. The Labute approximate surface area is 114 Å². The molecule has 1 saturated heterocycles. The van der Waals surface area contributed by atoms with Crippen LogP contribution in [-0.4, -0.2) is 48.3 Å². The zero-order valence-corrected chi connectivity index (χ0v) is 13.6. The van der Waals surface area contributed by atoms with Gasteiger partial charge in [0.05, 0.1) is 10.5 Å². The van der Waals surface area contributed by atoms with Crippen LogP contribution in [0.5, 0.6) is 0 Å². The van der Waals surface area contributed by atoms with E-state index in [4.69, 9.17) is 0 Å². The summed E-state index contributed by atoms with van der Waals surface area (Å²) in [6.45, 7) is 10.2. The van der Waals surface area contributed by atoms with Gasteiger partial charge >= 0.3 is 0 Å². The number of nitrogens with zero attached hydrogens (tertiary/aromatic N) is 1. The molecule has 5 heteroatoms. The molecule has 0 aliphatic carbocycles. The fourth-order valence-electron chi connectivity index (χ4n) is 1.84. The van der Waals surface area contributed by atoms with Crippen LogP contribution in [0.25, 0.3) is 0 Å². The summed E-state index contributed by atoms with van der Waals surface area (Å²) in [4.78, 5) is 2.75. The van der Waals surface area contributed by atoms with E-state index in [9.17, 15) is 8.42 Å². The first-order valence-corrected chi connectivity index (χ1v) is 8.79. The molecule has 0 N–H and O–H groups in total. The number of rotatable bonds is 3. The van der Waals surface area contributed by atoms with Crippen molar-refractivity contribution in [1.29, 1.82) is 0 Å². The molecule has 0 aromatic rings. The van der Waals surface area contributed by atoms with Gasteiger partial charge in [0.25, 0.3) is 0 Å². The Bertz CT molecular complexity index is 348. The van der Waals surface area contributed by atoms with E-state index < -0.39 is 14.6 Å². The summed E-state index contributed by atoms with van der Waals surface area (Å²) in [5, 5.41) is 0. The number of alkyl halides is 1. The Balaban J connectivity index is 2.47. The van der Waals surface area contributed by atoms with Crippen molar-refractivity contribution in [3.05, 3.63) is 0 Å². The van der Waals surface area contributed by atoms with Gasteiger partial charge in [-0.3, -0.25) is 0 Å². The first-order chi connectivity index (χ1) is 7.63. The smallest absolute Gasteiger partial charge is 0.156 e. The summed E-state index contributed by atoms with van der Waals surface area (Å²) in [7, 11) is -2.99. The summed E-state index contributed by atoms with van der Waals surface area (Å²) in [6, 6.07) is 0. The Morgan fingerprint density at radius 3 is 2.41 bits per heavy atom. The zero-order chi connectivity index (χ0) is 13.3. The predicted molar refractivity (Wildman–Crippen MR) is 76.5 cm³/mol. The fourth-order valence-corrected chi connectivity index (χ4v) is 3.63. The number of piperidine rings is 1. The number of likely N-dealkylation sites (tertiary alicyclic amines) is 1. The van der Waals surface area contributed by atoms with E-state index in [1.165, 1.54) is 0 Å². The highest BCUT2D eigenvalue weighted by molar-refractivity contribution is 9.09. The van der Waals surface area contributed by atoms with Gasteiger partial charge in [0, 0.05) is 17.9 Å². The molecule has 1 aliphatic heterocycles. The van der Waals surface area contributed by atoms with E-state index in [0.29, 0.717) is 17.3 Å². The minimum Gasteiger partial charge on any atom is -0.301 e. The molecular formula is C12H24BrNO2S. The molecule has 0 spiro atoms. The lowest BCUT2D eigenvalue weighted by molar-refractivity contribution is 0.211. The Kier molecular flexibility index (Phi) is 5.07. The quantitative estimate of drug-likeness (QED) is 0.747. The molecule has 0 bridgehead atoms. The van der Waals surface area contributed by atoms with Gasteiger partial charge in [-0.05, 0) is 39.7 Å². The summed E-state index contributed by atoms with van der Waals surface area (Å²) >= 11 is 3.66. The van der Waals surface area contributed by atoms with Crippen molar-refractivity contribution in [2.45, 2.75) is 43.7 Å². The molecule has 0 aromatic heterocycles. The topological polar surface area (TPSA) is 37.4 Å². The van der Waals surface area contributed by atoms with E-state index in [2.05, 4.69) is 27.8 Å². The molecule has 102 valence electrons. The number of hydrogen-bond acceptors (Lipinski definition) is 3. The maximum Gasteiger partial charge on any atom is 0.156 e. The highest BCUT2D eigenvalue weighted by Gasteiger charge is 2.30. The largest absolute Gasteiger partial charge is 0.301 e. The lowest BCUT2D eigenvalue weighted by atomic mass is 9.99.